The van der Waals surface area contributed by atoms with Crippen LogP contribution in [-0.2, 0) is 16.8 Å². The molecule has 6 rings (SSSR count). The molecular weight excluding hydrogens is 424 g/mol. The number of nitrogens with zero attached hydrogens (tertiary/aromatic N) is 4. The number of fused-ring (bicyclic) bond motifs is 4. The van der Waals surface area contributed by atoms with Crippen LogP contribution in [0.4, 0.5) is 0 Å². The quantitative estimate of drug-likeness (QED) is 0.552. The van der Waals surface area contributed by atoms with Gasteiger partial charge in [-0.3, -0.25) is 0 Å². The molecule has 6 nitrogen and oxygen atoms in total. The van der Waals surface area contributed by atoms with Gasteiger partial charge in [0.15, 0.2) is 0 Å². The van der Waals surface area contributed by atoms with Crippen LogP contribution in [0.3, 0.4) is 0 Å². The minimum atomic E-state index is -0.184. The molecule has 0 aliphatic carbocycles. The van der Waals surface area contributed by atoms with Crippen LogP contribution in [0.1, 0.15) is 47.2 Å². The second-order valence-electron chi connectivity index (χ2n) is 10.1. The first-order valence-electron chi connectivity index (χ1n) is 12.4. The van der Waals surface area contributed by atoms with Gasteiger partial charge in [0.05, 0.1) is 18.6 Å². The van der Waals surface area contributed by atoms with E-state index in [1.165, 1.54) is 34.4 Å². The Kier molecular flexibility index (Phi) is 5.12. The Morgan fingerprint density at radius 2 is 2.03 bits per heavy atom. The van der Waals surface area contributed by atoms with Crippen LogP contribution in [-0.4, -0.2) is 40.0 Å². The van der Waals surface area contributed by atoms with E-state index in [0.29, 0.717) is 19.1 Å². The zero-order chi connectivity index (χ0) is 23.3. The summed E-state index contributed by atoms with van der Waals surface area (Å²) >= 11 is 0. The van der Waals surface area contributed by atoms with E-state index >= 15 is 0 Å². The van der Waals surface area contributed by atoms with Gasteiger partial charge in [-0.2, -0.15) is 0 Å². The van der Waals surface area contributed by atoms with Crippen LogP contribution in [0.25, 0.3) is 5.69 Å². The number of benzene rings is 2. The summed E-state index contributed by atoms with van der Waals surface area (Å²) in [6.07, 6.45) is 8.15. The molecule has 2 aromatic carbocycles. The molecule has 3 aromatic rings. The number of imidazole rings is 1. The summed E-state index contributed by atoms with van der Waals surface area (Å²) in [5.74, 6) is 2.46. The van der Waals surface area contributed by atoms with Crippen LogP contribution >= 0.6 is 0 Å². The molecule has 1 saturated heterocycles. The fourth-order valence-electron chi connectivity index (χ4n) is 5.99. The van der Waals surface area contributed by atoms with Gasteiger partial charge in [0.2, 0.25) is 0 Å². The molecule has 1 fully saturated rings. The number of rotatable bonds is 3. The van der Waals surface area contributed by atoms with Gasteiger partial charge in [0.25, 0.3) is 0 Å². The first-order valence-corrected chi connectivity index (χ1v) is 12.4. The van der Waals surface area contributed by atoms with Crippen molar-refractivity contribution in [3.05, 3.63) is 76.9 Å². The predicted molar refractivity (Wildman–Crippen MR) is 133 cm³/mol. The second-order valence-corrected chi connectivity index (χ2v) is 10.1. The Bertz CT molecular complexity index is 1260. The summed E-state index contributed by atoms with van der Waals surface area (Å²) in [7, 11) is 0. The SMILES string of the molecule is Cc1ccc2c(c1)OCCC21CON=C2C(Cc3ccc(-n4cnc(C)c4)c(C)c3)CCCN21. The largest absolute Gasteiger partial charge is 0.493 e. The van der Waals surface area contributed by atoms with Gasteiger partial charge in [-0.1, -0.05) is 29.4 Å². The average Bonchev–Trinajstić information content (AvgIpc) is 3.26. The molecule has 3 aliphatic rings. The third-order valence-electron chi connectivity index (χ3n) is 7.70. The summed E-state index contributed by atoms with van der Waals surface area (Å²) < 4.78 is 8.17. The molecule has 2 unspecified atom stereocenters. The lowest BCUT2D eigenvalue weighted by Gasteiger charge is -2.52. The lowest BCUT2D eigenvalue weighted by molar-refractivity contribution is -0.0366. The van der Waals surface area contributed by atoms with E-state index in [4.69, 9.17) is 9.57 Å². The van der Waals surface area contributed by atoms with E-state index in [9.17, 15) is 0 Å². The zero-order valence-electron chi connectivity index (χ0n) is 20.3. The van der Waals surface area contributed by atoms with Gasteiger partial charge in [-0.15, -0.1) is 0 Å². The topological polar surface area (TPSA) is 51.9 Å². The Hall–Kier alpha value is -3.28. The lowest BCUT2D eigenvalue weighted by Crippen LogP contribution is -2.60. The Labute approximate surface area is 201 Å². The molecule has 6 heteroatoms. The number of aryl methyl sites for hydroxylation is 3. The number of piperidine rings is 1. The minimum absolute atomic E-state index is 0.184. The van der Waals surface area contributed by atoms with Crippen molar-refractivity contribution in [3.63, 3.8) is 0 Å². The summed E-state index contributed by atoms with van der Waals surface area (Å²) in [6.45, 7) is 8.63. The molecule has 0 bridgehead atoms. The van der Waals surface area contributed by atoms with E-state index < -0.39 is 0 Å². The second kappa shape index (κ2) is 8.19. The Morgan fingerprint density at radius 1 is 1.12 bits per heavy atom. The minimum Gasteiger partial charge on any atom is -0.493 e. The van der Waals surface area contributed by atoms with Crippen LogP contribution in [0.5, 0.6) is 5.75 Å². The standard InChI is InChI=1S/C28H32N4O2/c1-19-6-8-24-26(13-19)33-12-10-28(24)17-34-30-27-23(5-4-11-32(27)28)15-22-7-9-25(20(2)14-22)31-16-21(3)29-18-31/h6-9,13-14,16,18,23H,4-5,10-12,15,17H2,1-3H3. The highest BCUT2D eigenvalue weighted by atomic mass is 16.6. The number of hydrogen-bond donors (Lipinski definition) is 0. The van der Waals surface area contributed by atoms with Gasteiger partial charge in [-0.25, -0.2) is 4.98 Å². The van der Waals surface area contributed by atoms with Gasteiger partial charge in [-0.05, 0) is 68.9 Å². The van der Waals surface area contributed by atoms with E-state index in [2.05, 4.69) is 76.0 Å². The maximum absolute atomic E-state index is 6.07. The first-order chi connectivity index (χ1) is 16.5. The van der Waals surface area contributed by atoms with E-state index in [-0.39, 0.29) is 5.54 Å². The molecule has 176 valence electrons. The van der Waals surface area contributed by atoms with E-state index in [0.717, 1.165) is 43.1 Å². The average molecular weight is 457 g/mol. The van der Waals surface area contributed by atoms with E-state index in [1.807, 2.05) is 13.3 Å². The van der Waals surface area contributed by atoms with Gasteiger partial charge in [0.1, 0.15) is 23.7 Å². The lowest BCUT2D eigenvalue weighted by atomic mass is 9.79. The molecule has 0 radical (unpaired) electrons. The molecule has 1 spiro atoms. The third kappa shape index (κ3) is 3.47. The highest BCUT2D eigenvalue weighted by Crippen LogP contribution is 2.46. The molecule has 0 saturated carbocycles. The number of hydrogen-bond acceptors (Lipinski definition) is 5. The van der Waals surface area contributed by atoms with E-state index in [1.54, 1.807) is 0 Å². The molecule has 34 heavy (non-hydrogen) atoms. The number of amidine groups is 1. The highest BCUT2D eigenvalue weighted by molar-refractivity contribution is 5.86. The molecule has 4 heterocycles. The fourth-order valence-corrected chi connectivity index (χ4v) is 5.99. The zero-order valence-corrected chi connectivity index (χ0v) is 20.3. The molecular formula is C28H32N4O2. The first kappa shape index (κ1) is 21.3. The molecule has 2 atom stereocenters. The number of ether oxygens (including phenoxy) is 1. The predicted octanol–water partition coefficient (Wildman–Crippen LogP) is 5.07. The Balaban J connectivity index is 1.29. The molecule has 3 aliphatic heterocycles. The van der Waals surface area contributed by atoms with Crippen molar-refractivity contribution in [3.8, 4) is 11.4 Å². The van der Waals surface area contributed by atoms with Gasteiger partial charge >= 0.3 is 0 Å². The summed E-state index contributed by atoms with van der Waals surface area (Å²) in [5.41, 5.74) is 7.09. The normalized spacial score (nSPS) is 23.6. The van der Waals surface area contributed by atoms with Crippen molar-refractivity contribution in [2.75, 3.05) is 19.8 Å². The van der Waals surface area contributed by atoms with Crippen molar-refractivity contribution >= 4 is 5.84 Å². The van der Waals surface area contributed by atoms with Crippen molar-refractivity contribution in [1.82, 2.24) is 14.5 Å². The number of oxime groups is 1. The number of aromatic nitrogens is 2. The van der Waals surface area contributed by atoms with Crippen molar-refractivity contribution in [1.29, 1.82) is 0 Å². The molecule has 0 amide bonds. The van der Waals surface area contributed by atoms with Crippen molar-refractivity contribution in [2.45, 2.75) is 52.0 Å². The third-order valence-corrected chi connectivity index (χ3v) is 7.70. The van der Waals surface area contributed by atoms with Crippen LogP contribution in [0, 0.1) is 26.7 Å². The van der Waals surface area contributed by atoms with Gasteiger partial charge < -0.3 is 19.0 Å². The monoisotopic (exact) mass is 456 g/mol. The fraction of sp³-hybridized carbons (Fsp3) is 0.429. The van der Waals surface area contributed by atoms with Crippen LogP contribution in [0.2, 0.25) is 0 Å². The van der Waals surface area contributed by atoms with Crippen molar-refractivity contribution < 1.29 is 9.57 Å². The summed E-state index contributed by atoms with van der Waals surface area (Å²) in [6, 6.07) is 13.4. The summed E-state index contributed by atoms with van der Waals surface area (Å²) in [5, 5.41) is 4.65. The highest BCUT2D eigenvalue weighted by Gasteiger charge is 2.49. The van der Waals surface area contributed by atoms with Crippen LogP contribution in [0.15, 0.2) is 54.1 Å². The smallest absolute Gasteiger partial charge is 0.148 e. The maximum Gasteiger partial charge on any atom is 0.148 e. The van der Waals surface area contributed by atoms with Crippen LogP contribution < -0.4 is 4.74 Å². The van der Waals surface area contributed by atoms with Crippen molar-refractivity contribution in [2.24, 2.45) is 11.1 Å². The summed E-state index contributed by atoms with van der Waals surface area (Å²) in [4.78, 5) is 12.9. The maximum atomic E-state index is 6.07. The molecule has 1 aromatic heterocycles. The Morgan fingerprint density at radius 3 is 2.85 bits per heavy atom. The molecule has 0 N–H and O–H groups in total. The van der Waals surface area contributed by atoms with Gasteiger partial charge in [0, 0.05) is 36.3 Å².